The van der Waals surface area contributed by atoms with Crippen molar-refractivity contribution in [2.24, 2.45) is 0 Å². The quantitative estimate of drug-likeness (QED) is 0.686. The summed E-state index contributed by atoms with van der Waals surface area (Å²) in [5, 5.41) is 0. The van der Waals surface area contributed by atoms with E-state index in [1.54, 1.807) is 7.11 Å². The molecule has 1 aliphatic carbocycles. The van der Waals surface area contributed by atoms with Gasteiger partial charge in [-0.2, -0.15) is 0 Å². The number of nitrogen functional groups attached to an aromatic ring is 1. The molecular weight excluding hydrogens is 274 g/mol. The summed E-state index contributed by atoms with van der Waals surface area (Å²) in [4.78, 5) is 5.25. The summed E-state index contributed by atoms with van der Waals surface area (Å²) in [5.41, 5.74) is 9.63. The van der Waals surface area contributed by atoms with Crippen molar-refractivity contribution in [1.82, 2.24) is 9.80 Å². The van der Waals surface area contributed by atoms with Gasteiger partial charge in [-0.1, -0.05) is 13.0 Å². The molecule has 0 unspecified atom stereocenters. The van der Waals surface area contributed by atoms with Crippen LogP contribution in [0, 0.1) is 0 Å². The maximum atomic E-state index is 6.07. The minimum absolute atomic E-state index is 0.675. The van der Waals surface area contributed by atoms with Crippen molar-refractivity contribution in [3.05, 3.63) is 23.3 Å². The highest BCUT2D eigenvalue weighted by atomic mass is 16.5. The molecule has 0 amide bonds. The van der Waals surface area contributed by atoms with Crippen LogP contribution in [0.15, 0.2) is 12.1 Å². The van der Waals surface area contributed by atoms with Crippen molar-refractivity contribution in [2.45, 2.75) is 38.6 Å². The molecule has 1 aromatic rings. The highest BCUT2D eigenvalue weighted by Crippen LogP contribution is 2.34. The van der Waals surface area contributed by atoms with Gasteiger partial charge in [-0.3, -0.25) is 4.90 Å². The summed E-state index contributed by atoms with van der Waals surface area (Å²) in [6, 6.07) is 4.90. The normalized spacial score (nSPS) is 23.8. The molecule has 2 N–H and O–H groups in total. The third kappa shape index (κ3) is 3.08. The second kappa shape index (κ2) is 6.88. The number of hydrogen-bond donors (Lipinski definition) is 1. The predicted molar refractivity (Wildman–Crippen MR) is 91.5 cm³/mol. The third-order valence-electron chi connectivity index (χ3n) is 5.38. The fraction of sp³-hybridized carbons (Fsp3) is 0.667. The second-order valence-corrected chi connectivity index (χ2v) is 6.55. The Morgan fingerprint density at radius 1 is 1.23 bits per heavy atom. The molecule has 22 heavy (non-hydrogen) atoms. The van der Waals surface area contributed by atoms with E-state index in [9.17, 15) is 0 Å². The number of anilines is 1. The molecule has 122 valence electrons. The van der Waals surface area contributed by atoms with Crippen LogP contribution in [0.25, 0.3) is 0 Å². The van der Waals surface area contributed by atoms with Gasteiger partial charge in [0.15, 0.2) is 0 Å². The SMILES string of the molecule is CCN1CCN([C@H]2CCCc3c(ccc(N)c3OC)C2)CC1. The molecule has 4 heteroatoms. The number of fused-ring (bicyclic) bond motifs is 1. The monoisotopic (exact) mass is 303 g/mol. The summed E-state index contributed by atoms with van der Waals surface area (Å²) in [6.07, 6.45) is 4.74. The Morgan fingerprint density at radius 3 is 2.68 bits per heavy atom. The Labute approximate surface area is 134 Å². The molecule has 1 heterocycles. The van der Waals surface area contributed by atoms with Gasteiger partial charge in [0.1, 0.15) is 5.75 Å². The van der Waals surface area contributed by atoms with Crippen LogP contribution in [-0.4, -0.2) is 55.7 Å². The topological polar surface area (TPSA) is 41.7 Å². The van der Waals surface area contributed by atoms with E-state index in [2.05, 4.69) is 22.8 Å². The van der Waals surface area contributed by atoms with Crippen LogP contribution >= 0.6 is 0 Å². The van der Waals surface area contributed by atoms with E-state index in [1.807, 2.05) is 6.07 Å². The number of methoxy groups -OCH3 is 1. The van der Waals surface area contributed by atoms with Gasteiger partial charge in [0.25, 0.3) is 0 Å². The molecule has 0 spiro atoms. The molecule has 0 saturated carbocycles. The Morgan fingerprint density at radius 2 is 2.00 bits per heavy atom. The molecule has 1 saturated heterocycles. The average Bonchev–Trinajstić information content (AvgIpc) is 2.77. The van der Waals surface area contributed by atoms with Crippen LogP contribution in [0.4, 0.5) is 5.69 Å². The van der Waals surface area contributed by atoms with Crippen LogP contribution < -0.4 is 10.5 Å². The summed E-state index contributed by atoms with van der Waals surface area (Å²) >= 11 is 0. The van der Waals surface area contributed by atoms with Crippen molar-refractivity contribution >= 4 is 5.69 Å². The molecular formula is C18H29N3O. The lowest BCUT2D eigenvalue weighted by Crippen LogP contribution is -2.50. The lowest BCUT2D eigenvalue weighted by Gasteiger charge is -2.39. The first-order valence-electron chi connectivity index (χ1n) is 8.63. The van der Waals surface area contributed by atoms with E-state index in [0.29, 0.717) is 6.04 Å². The number of rotatable bonds is 3. The standard InChI is InChI=1S/C18H29N3O/c1-3-20-9-11-21(12-10-20)15-5-4-6-16-14(13-15)7-8-17(19)18(16)22-2/h7-8,15H,3-6,9-13,19H2,1-2H3/t15-/m0/s1. The van der Waals surface area contributed by atoms with E-state index in [1.165, 1.54) is 56.7 Å². The summed E-state index contributed by atoms with van der Waals surface area (Å²) < 4.78 is 5.56. The van der Waals surface area contributed by atoms with Crippen molar-refractivity contribution in [2.75, 3.05) is 45.6 Å². The number of likely N-dealkylation sites (N-methyl/N-ethyl adjacent to an activating group) is 1. The molecule has 1 aliphatic heterocycles. The Balaban J connectivity index is 1.75. The van der Waals surface area contributed by atoms with Crippen LogP contribution in [0.5, 0.6) is 5.75 Å². The lowest BCUT2D eigenvalue weighted by atomic mass is 9.99. The Bertz CT molecular complexity index is 509. The fourth-order valence-electron chi connectivity index (χ4n) is 4.02. The number of ether oxygens (including phenoxy) is 1. The molecule has 1 atom stereocenters. The van der Waals surface area contributed by atoms with E-state index >= 15 is 0 Å². The highest BCUT2D eigenvalue weighted by Gasteiger charge is 2.27. The predicted octanol–water partition coefficient (Wildman–Crippen LogP) is 2.16. The van der Waals surface area contributed by atoms with Crippen molar-refractivity contribution in [3.8, 4) is 5.75 Å². The minimum Gasteiger partial charge on any atom is -0.494 e. The van der Waals surface area contributed by atoms with Gasteiger partial charge in [0.05, 0.1) is 12.8 Å². The van der Waals surface area contributed by atoms with Gasteiger partial charge in [-0.05, 0) is 49.4 Å². The minimum atomic E-state index is 0.675. The summed E-state index contributed by atoms with van der Waals surface area (Å²) in [7, 11) is 1.73. The average molecular weight is 303 g/mol. The zero-order chi connectivity index (χ0) is 15.5. The molecule has 3 rings (SSSR count). The van der Waals surface area contributed by atoms with Crippen molar-refractivity contribution in [3.63, 3.8) is 0 Å². The fourth-order valence-corrected chi connectivity index (χ4v) is 4.02. The molecule has 2 aliphatic rings. The van der Waals surface area contributed by atoms with E-state index in [0.717, 1.165) is 24.3 Å². The van der Waals surface area contributed by atoms with Crippen molar-refractivity contribution in [1.29, 1.82) is 0 Å². The van der Waals surface area contributed by atoms with Gasteiger partial charge >= 0.3 is 0 Å². The van der Waals surface area contributed by atoms with Crippen molar-refractivity contribution < 1.29 is 4.74 Å². The van der Waals surface area contributed by atoms with E-state index < -0.39 is 0 Å². The zero-order valence-corrected chi connectivity index (χ0v) is 14.0. The van der Waals surface area contributed by atoms with Gasteiger partial charge in [-0.25, -0.2) is 0 Å². The molecule has 0 radical (unpaired) electrons. The lowest BCUT2D eigenvalue weighted by molar-refractivity contribution is 0.0951. The number of benzene rings is 1. The summed E-state index contributed by atoms with van der Waals surface area (Å²) in [6.45, 7) is 8.28. The first-order chi connectivity index (χ1) is 10.7. The highest BCUT2D eigenvalue weighted by molar-refractivity contribution is 5.60. The molecule has 0 aromatic heterocycles. The number of hydrogen-bond acceptors (Lipinski definition) is 4. The maximum absolute atomic E-state index is 6.07. The summed E-state index contributed by atoms with van der Waals surface area (Å²) in [5.74, 6) is 0.911. The van der Waals surface area contributed by atoms with Crippen LogP contribution in [0.1, 0.15) is 30.9 Å². The van der Waals surface area contributed by atoms with Crippen LogP contribution in [0.3, 0.4) is 0 Å². The van der Waals surface area contributed by atoms with Crippen LogP contribution in [0.2, 0.25) is 0 Å². The molecule has 0 bridgehead atoms. The number of nitrogens with zero attached hydrogens (tertiary/aromatic N) is 2. The smallest absolute Gasteiger partial charge is 0.145 e. The second-order valence-electron chi connectivity index (χ2n) is 6.55. The van der Waals surface area contributed by atoms with Crippen LogP contribution in [-0.2, 0) is 12.8 Å². The first-order valence-corrected chi connectivity index (χ1v) is 8.63. The Kier molecular flexibility index (Phi) is 4.89. The van der Waals surface area contributed by atoms with Gasteiger partial charge in [0, 0.05) is 32.2 Å². The third-order valence-corrected chi connectivity index (χ3v) is 5.38. The molecule has 1 aromatic carbocycles. The first kappa shape index (κ1) is 15.6. The zero-order valence-electron chi connectivity index (χ0n) is 14.0. The Hall–Kier alpha value is -1.26. The van der Waals surface area contributed by atoms with Gasteiger partial charge in [0.2, 0.25) is 0 Å². The van der Waals surface area contributed by atoms with Gasteiger partial charge < -0.3 is 15.4 Å². The molecule has 4 nitrogen and oxygen atoms in total. The number of nitrogens with two attached hydrogens (primary N) is 1. The largest absolute Gasteiger partial charge is 0.494 e. The molecule has 1 fully saturated rings. The number of piperazine rings is 1. The maximum Gasteiger partial charge on any atom is 0.145 e. The van der Waals surface area contributed by atoms with Gasteiger partial charge in [-0.15, -0.1) is 0 Å². The van der Waals surface area contributed by atoms with E-state index in [4.69, 9.17) is 10.5 Å². The van der Waals surface area contributed by atoms with E-state index in [-0.39, 0.29) is 0 Å².